The number of benzene rings is 1. The Balaban J connectivity index is 2.01. The summed E-state index contributed by atoms with van der Waals surface area (Å²) in [6.07, 6.45) is -0.368. The van der Waals surface area contributed by atoms with Crippen LogP contribution in [0.15, 0.2) is 24.3 Å². The lowest BCUT2D eigenvalue weighted by atomic mass is 10.1. The molecule has 2 N–H and O–H groups in total. The summed E-state index contributed by atoms with van der Waals surface area (Å²) in [4.78, 5) is 27.7. The fraction of sp³-hybridized carbons (Fsp3) is 0.579. The lowest BCUT2D eigenvalue weighted by Gasteiger charge is -2.35. The van der Waals surface area contributed by atoms with E-state index in [1.807, 2.05) is 0 Å². The smallest absolute Gasteiger partial charge is 0.409 e. The quantitative estimate of drug-likeness (QED) is 0.631. The number of hydrogen-bond acceptors (Lipinski definition) is 7. The zero-order valence-corrected chi connectivity index (χ0v) is 18.1. The van der Waals surface area contributed by atoms with Crippen molar-refractivity contribution in [3.05, 3.63) is 29.8 Å². The van der Waals surface area contributed by atoms with E-state index in [0.717, 1.165) is 0 Å². The first-order chi connectivity index (χ1) is 13.9. The Labute approximate surface area is 171 Å². The van der Waals surface area contributed by atoms with E-state index in [4.69, 9.17) is 19.5 Å². The molecule has 0 bridgehead atoms. The highest BCUT2D eigenvalue weighted by atomic mass is 31.2. The molecular weight excluding hydrogens is 397 g/mol. The summed E-state index contributed by atoms with van der Waals surface area (Å²) in [6, 6.07) is 5.71. The molecule has 2 rings (SSSR count). The molecule has 2 amide bonds. The summed E-state index contributed by atoms with van der Waals surface area (Å²) in [5.41, 5.74) is 6.76. The molecule has 10 heteroatoms. The molecule has 0 aliphatic carbocycles. The monoisotopic (exact) mass is 427 g/mol. The molecule has 1 aromatic carbocycles. The fourth-order valence-electron chi connectivity index (χ4n) is 3.05. The summed E-state index contributed by atoms with van der Waals surface area (Å²) in [7, 11) is -3.38. The first-order valence-electron chi connectivity index (χ1n) is 9.82. The van der Waals surface area contributed by atoms with Gasteiger partial charge in [0.2, 0.25) is 5.91 Å². The third kappa shape index (κ3) is 5.79. The molecule has 1 aliphatic heterocycles. The molecule has 0 radical (unpaired) electrons. The maximum atomic E-state index is 12.8. The van der Waals surface area contributed by atoms with E-state index in [0.29, 0.717) is 43.7 Å². The van der Waals surface area contributed by atoms with E-state index in [1.54, 1.807) is 54.8 Å². The molecule has 1 atom stereocenters. The van der Waals surface area contributed by atoms with Crippen LogP contribution in [-0.4, -0.2) is 67.8 Å². The number of piperazine rings is 1. The average Bonchev–Trinajstić information content (AvgIpc) is 2.73. The van der Waals surface area contributed by atoms with Gasteiger partial charge in [0.05, 0.1) is 25.1 Å². The number of carbonyl (C=O) groups is 2. The van der Waals surface area contributed by atoms with E-state index in [9.17, 15) is 14.2 Å². The molecule has 1 unspecified atom stereocenters. The zero-order valence-electron chi connectivity index (χ0n) is 17.2. The van der Waals surface area contributed by atoms with Gasteiger partial charge < -0.3 is 29.3 Å². The molecule has 0 saturated carbocycles. The maximum absolute atomic E-state index is 12.8. The predicted molar refractivity (Wildman–Crippen MR) is 109 cm³/mol. The second-order valence-electron chi connectivity index (χ2n) is 6.41. The minimum atomic E-state index is -3.38. The van der Waals surface area contributed by atoms with Crippen LogP contribution in [0, 0.1) is 0 Å². The lowest BCUT2D eigenvalue weighted by Crippen LogP contribution is -2.52. The molecule has 1 saturated heterocycles. The Morgan fingerprint density at radius 2 is 1.48 bits per heavy atom. The minimum absolute atomic E-state index is 0.223. The van der Waals surface area contributed by atoms with Crippen molar-refractivity contribution in [1.82, 2.24) is 9.80 Å². The first-order valence-corrected chi connectivity index (χ1v) is 11.4. The van der Waals surface area contributed by atoms with Crippen LogP contribution >= 0.6 is 7.60 Å². The summed E-state index contributed by atoms with van der Waals surface area (Å²) in [5.74, 6) is -0.223. The van der Waals surface area contributed by atoms with Crippen molar-refractivity contribution in [2.45, 2.75) is 26.8 Å². The van der Waals surface area contributed by atoms with Gasteiger partial charge in [-0.05, 0) is 38.5 Å². The van der Waals surface area contributed by atoms with Crippen molar-refractivity contribution in [3.8, 4) is 0 Å². The first kappa shape index (κ1) is 23.3. The molecule has 29 heavy (non-hydrogen) atoms. The third-order valence-electron chi connectivity index (χ3n) is 4.55. The van der Waals surface area contributed by atoms with Gasteiger partial charge >= 0.3 is 13.7 Å². The fourth-order valence-corrected chi connectivity index (χ4v) is 4.62. The van der Waals surface area contributed by atoms with Gasteiger partial charge in [0.25, 0.3) is 0 Å². The summed E-state index contributed by atoms with van der Waals surface area (Å²) >= 11 is 0. The molecule has 162 valence electrons. The number of amides is 2. The highest BCUT2D eigenvalue weighted by Gasteiger charge is 2.30. The summed E-state index contributed by atoms with van der Waals surface area (Å²) in [6.45, 7) is 7.68. The van der Waals surface area contributed by atoms with Gasteiger partial charge in [-0.2, -0.15) is 0 Å². The van der Waals surface area contributed by atoms with E-state index in [1.165, 1.54) is 0 Å². The predicted octanol–water partition coefficient (Wildman–Crippen LogP) is 1.88. The topological polar surface area (TPSA) is 111 Å². The standard InChI is InChI=1S/C19H30N3O6P/c1-4-26-19(24)22-13-11-21(12-14-22)18(23)17(20)15-7-9-16(10-8-15)29(25,27-5-2)28-6-3/h7-10,17H,4-6,11-14,20H2,1-3H3. The highest BCUT2D eigenvalue weighted by molar-refractivity contribution is 7.62. The number of carbonyl (C=O) groups excluding carboxylic acids is 2. The van der Waals surface area contributed by atoms with Crippen LogP contribution in [0.2, 0.25) is 0 Å². The van der Waals surface area contributed by atoms with Crippen LogP contribution in [0.3, 0.4) is 0 Å². The molecule has 1 heterocycles. The van der Waals surface area contributed by atoms with E-state index >= 15 is 0 Å². The van der Waals surface area contributed by atoms with Crippen LogP contribution in [-0.2, 0) is 23.1 Å². The summed E-state index contributed by atoms with van der Waals surface area (Å²) < 4.78 is 28.5. The van der Waals surface area contributed by atoms with Crippen molar-refractivity contribution in [3.63, 3.8) is 0 Å². The zero-order chi connectivity index (χ0) is 21.4. The molecule has 1 aliphatic rings. The Morgan fingerprint density at radius 1 is 0.966 bits per heavy atom. The highest BCUT2D eigenvalue weighted by Crippen LogP contribution is 2.46. The minimum Gasteiger partial charge on any atom is -0.450 e. The van der Waals surface area contributed by atoms with Crippen LogP contribution in [0.25, 0.3) is 0 Å². The Kier molecular flexibility index (Phi) is 8.64. The Hall–Kier alpha value is -1.93. The average molecular weight is 427 g/mol. The van der Waals surface area contributed by atoms with Gasteiger partial charge in [-0.15, -0.1) is 0 Å². The van der Waals surface area contributed by atoms with Gasteiger partial charge in [-0.1, -0.05) is 12.1 Å². The molecule has 0 spiro atoms. The largest absolute Gasteiger partial charge is 0.450 e. The van der Waals surface area contributed by atoms with E-state index < -0.39 is 13.6 Å². The molecule has 1 fully saturated rings. The van der Waals surface area contributed by atoms with Crippen LogP contribution in [0.1, 0.15) is 32.4 Å². The number of rotatable bonds is 8. The van der Waals surface area contributed by atoms with Crippen molar-refractivity contribution >= 4 is 24.9 Å². The van der Waals surface area contributed by atoms with E-state index in [2.05, 4.69) is 0 Å². The number of hydrogen-bond donors (Lipinski definition) is 1. The Bertz CT molecular complexity index is 724. The van der Waals surface area contributed by atoms with Crippen LogP contribution in [0.4, 0.5) is 4.79 Å². The van der Waals surface area contributed by atoms with Crippen LogP contribution in [0.5, 0.6) is 0 Å². The van der Waals surface area contributed by atoms with Gasteiger partial charge in [0.15, 0.2) is 0 Å². The molecule has 9 nitrogen and oxygen atoms in total. The normalized spacial score (nSPS) is 15.9. The lowest BCUT2D eigenvalue weighted by molar-refractivity contribution is -0.134. The Morgan fingerprint density at radius 3 is 1.97 bits per heavy atom. The van der Waals surface area contributed by atoms with Crippen molar-refractivity contribution < 1.29 is 27.9 Å². The number of nitrogens with zero attached hydrogens (tertiary/aromatic N) is 2. The van der Waals surface area contributed by atoms with Crippen molar-refractivity contribution in [1.29, 1.82) is 0 Å². The second-order valence-corrected chi connectivity index (χ2v) is 8.44. The number of nitrogens with two attached hydrogens (primary N) is 1. The second kappa shape index (κ2) is 10.7. The molecule has 0 aromatic heterocycles. The van der Waals surface area contributed by atoms with Gasteiger partial charge in [0, 0.05) is 26.2 Å². The van der Waals surface area contributed by atoms with Gasteiger partial charge in [0.1, 0.15) is 6.04 Å². The van der Waals surface area contributed by atoms with Gasteiger partial charge in [-0.25, -0.2) is 4.79 Å². The molecule has 1 aromatic rings. The maximum Gasteiger partial charge on any atom is 0.409 e. The third-order valence-corrected chi connectivity index (χ3v) is 6.68. The SMILES string of the molecule is CCOC(=O)N1CCN(C(=O)C(N)c2ccc(P(=O)(OCC)OCC)cc2)CC1. The van der Waals surface area contributed by atoms with Crippen molar-refractivity contribution in [2.75, 3.05) is 46.0 Å². The number of ether oxygens (including phenoxy) is 1. The van der Waals surface area contributed by atoms with E-state index in [-0.39, 0.29) is 25.2 Å². The molecular formula is C19H30N3O6P. The van der Waals surface area contributed by atoms with Crippen molar-refractivity contribution in [2.24, 2.45) is 5.73 Å². The van der Waals surface area contributed by atoms with Crippen LogP contribution < -0.4 is 11.0 Å². The van der Waals surface area contributed by atoms with Gasteiger partial charge in [-0.3, -0.25) is 9.36 Å². The summed E-state index contributed by atoms with van der Waals surface area (Å²) in [5, 5.41) is 0.424.